The summed E-state index contributed by atoms with van der Waals surface area (Å²) >= 11 is 0. The van der Waals surface area contributed by atoms with Crippen LogP contribution in [0.15, 0.2) is 48.7 Å². The van der Waals surface area contributed by atoms with Crippen LogP contribution in [0.2, 0.25) is 0 Å². The predicted octanol–water partition coefficient (Wildman–Crippen LogP) is 3.99. The molecule has 6 nitrogen and oxygen atoms in total. The number of halogens is 4. The first kappa shape index (κ1) is 26.6. The number of rotatable bonds is 2. The van der Waals surface area contributed by atoms with Gasteiger partial charge in [-0.25, -0.2) is 0 Å². The van der Waals surface area contributed by atoms with Gasteiger partial charge in [0.15, 0.2) is 0 Å². The molecule has 1 aliphatic rings. The van der Waals surface area contributed by atoms with Gasteiger partial charge in [0.1, 0.15) is 5.69 Å². The lowest BCUT2D eigenvalue weighted by atomic mass is 10.0. The third-order valence-electron chi connectivity index (χ3n) is 5.35. The van der Waals surface area contributed by atoms with Crippen molar-refractivity contribution >= 4 is 24.2 Å². The summed E-state index contributed by atoms with van der Waals surface area (Å²) in [4.78, 5) is 30.2. The minimum atomic E-state index is -4.55. The van der Waals surface area contributed by atoms with E-state index in [0.29, 0.717) is 39.0 Å². The Hall–Kier alpha value is -2.65. The average molecular weight is 485 g/mol. The Morgan fingerprint density at radius 3 is 2.39 bits per heavy atom. The molecule has 1 atom stereocenters. The molecule has 1 saturated heterocycles. The maximum absolute atomic E-state index is 12.8. The first-order valence-electron chi connectivity index (χ1n) is 10.7. The monoisotopic (exact) mass is 484 g/mol. The van der Waals surface area contributed by atoms with E-state index < -0.39 is 11.9 Å². The average Bonchev–Trinajstić information content (AvgIpc) is 2.80. The largest absolute Gasteiger partial charge is 0.433 e. The van der Waals surface area contributed by atoms with Gasteiger partial charge in [0.2, 0.25) is 5.91 Å². The van der Waals surface area contributed by atoms with Crippen LogP contribution in [-0.4, -0.2) is 47.9 Å². The summed E-state index contributed by atoms with van der Waals surface area (Å²) in [7, 11) is 0. The number of benzene rings is 1. The highest BCUT2D eigenvalue weighted by Gasteiger charge is 2.32. The van der Waals surface area contributed by atoms with E-state index >= 15 is 0 Å². The Morgan fingerprint density at radius 2 is 1.73 bits per heavy atom. The second-order valence-electron chi connectivity index (χ2n) is 7.75. The Kier molecular flexibility index (Phi) is 10.1. The summed E-state index contributed by atoms with van der Waals surface area (Å²) in [6.45, 7) is 1.97. The van der Waals surface area contributed by atoms with Crippen LogP contribution in [0, 0.1) is 0 Å². The standard InChI is InChI=1S/C23H27F3N4O2.ClH/c24-23(25,26)20-10-9-18(16-29-20)22(32)30-13-5-4-11-27-19(17-7-2-1-3-8-17)15-21(31)28-12-6-14-30;/h1-3,7-10,16,19,27H,4-6,11-15H2,(H,28,31);1H. The molecule has 1 aromatic heterocycles. The molecule has 0 saturated carbocycles. The summed E-state index contributed by atoms with van der Waals surface area (Å²) in [6, 6.07) is 11.7. The maximum atomic E-state index is 12.8. The molecule has 0 aliphatic carbocycles. The molecule has 180 valence electrons. The number of carbonyl (C=O) groups excluding carboxylic acids is 2. The molecule has 3 rings (SSSR count). The molecule has 10 heteroatoms. The number of hydrogen-bond donors (Lipinski definition) is 2. The van der Waals surface area contributed by atoms with Gasteiger partial charge in [-0.2, -0.15) is 13.2 Å². The highest BCUT2D eigenvalue weighted by atomic mass is 35.5. The molecule has 2 aromatic rings. The molecule has 1 fully saturated rings. The normalized spacial score (nSPS) is 18.7. The molecule has 0 radical (unpaired) electrons. The third-order valence-corrected chi connectivity index (χ3v) is 5.35. The summed E-state index contributed by atoms with van der Waals surface area (Å²) in [5.41, 5.74) is 0.137. The van der Waals surface area contributed by atoms with E-state index in [-0.39, 0.29) is 35.8 Å². The van der Waals surface area contributed by atoms with Crippen LogP contribution in [0.5, 0.6) is 0 Å². The second kappa shape index (κ2) is 12.6. The molecule has 2 amide bonds. The van der Waals surface area contributed by atoms with E-state index in [4.69, 9.17) is 0 Å². The van der Waals surface area contributed by atoms with E-state index in [2.05, 4.69) is 15.6 Å². The lowest BCUT2D eigenvalue weighted by Gasteiger charge is -2.23. The lowest BCUT2D eigenvalue weighted by Crippen LogP contribution is -2.35. The minimum absolute atomic E-state index is 0. The molecule has 0 spiro atoms. The van der Waals surface area contributed by atoms with E-state index in [1.807, 2.05) is 30.3 Å². The third kappa shape index (κ3) is 8.01. The van der Waals surface area contributed by atoms with E-state index in [9.17, 15) is 22.8 Å². The van der Waals surface area contributed by atoms with Gasteiger partial charge < -0.3 is 15.5 Å². The van der Waals surface area contributed by atoms with Crippen molar-refractivity contribution in [2.24, 2.45) is 0 Å². The van der Waals surface area contributed by atoms with Gasteiger partial charge >= 0.3 is 6.18 Å². The van der Waals surface area contributed by atoms with Crippen LogP contribution in [0.3, 0.4) is 0 Å². The maximum Gasteiger partial charge on any atom is 0.433 e. The van der Waals surface area contributed by atoms with Gasteiger partial charge in [-0.3, -0.25) is 14.6 Å². The lowest BCUT2D eigenvalue weighted by molar-refractivity contribution is -0.141. The number of amides is 2. The van der Waals surface area contributed by atoms with Crippen LogP contribution >= 0.6 is 12.4 Å². The van der Waals surface area contributed by atoms with Crippen LogP contribution in [0.1, 0.15) is 53.3 Å². The zero-order valence-electron chi connectivity index (χ0n) is 18.1. The topological polar surface area (TPSA) is 74.3 Å². The van der Waals surface area contributed by atoms with Crippen molar-refractivity contribution in [1.29, 1.82) is 0 Å². The van der Waals surface area contributed by atoms with Crippen LogP contribution < -0.4 is 10.6 Å². The highest BCUT2D eigenvalue weighted by Crippen LogP contribution is 2.27. The number of hydrogen-bond acceptors (Lipinski definition) is 4. The SMILES string of the molecule is Cl.O=C1CC(c2ccccc2)NCCCCN(C(=O)c2ccc(C(F)(F)F)nc2)CCCN1. The highest BCUT2D eigenvalue weighted by molar-refractivity contribution is 5.93. The molecule has 1 aromatic carbocycles. The van der Waals surface area contributed by atoms with Gasteiger partial charge in [-0.15, -0.1) is 12.4 Å². The second-order valence-corrected chi connectivity index (χ2v) is 7.75. The van der Waals surface area contributed by atoms with Crippen molar-refractivity contribution in [3.05, 3.63) is 65.5 Å². The van der Waals surface area contributed by atoms with E-state index in [1.165, 1.54) is 0 Å². The van der Waals surface area contributed by atoms with Gasteiger partial charge in [0.05, 0.1) is 5.56 Å². The number of pyridine rings is 1. The number of nitrogens with zero attached hydrogens (tertiary/aromatic N) is 2. The molecular weight excluding hydrogens is 457 g/mol. The first-order chi connectivity index (χ1) is 15.3. The Morgan fingerprint density at radius 1 is 1.00 bits per heavy atom. The Labute approximate surface area is 197 Å². The van der Waals surface area contributed by atoms with Gasteiger partial charge in [-0.1, -0.05) is 30.3 Å². The summed E-state index contributed by atoms with van der Waals surface area (Å²) < 4.78 is 38.2. The smallest absolute Gasteiger partial charge is 0.356 e. The minimum Gasteiger partial charge on any atom is -0.356 e. The zero-order valence-corrected chi connectivity index (χ0v) is 18.9. The molecule has 2 N–H and O–H groups in total. The fourth-order valence-corrected chi connectivity index (χ4v) is 3.64. The molecule has 1 unspecified atom stereocenters. The van der Waals surface area contributed by atoms with Crippen molar-refractivity contribution in [3.8, 4) is 0 Å². The number of carbonyl (C=O) groups is 2. The number of alkyl halides is 3. The first-order valence-corrected chi connectivity index (χ1v) is 10.7. The fraction of sp³-hybridized carbons (Fsp3) is 0.435. The van der Waals surface area contributed by atoms with Crippen molar-refractivity contribution in [2.45, 2.75) is 37.9 Å². The number of nitrogens with one attached hydrogen (secondary N) is 2. The molecule has 0 bridgehead atoms. The Balaban J connectivity index is 0.00000385. The van der Waals surface area contributed by atoms with Crippen molar-refractivity contribution in [3.63, 3.8) is 0 Å². The van der Waals surface area contributed by atoms with Crippen LogP contribution in [0.4, 0.5) is 13.2 Å². The van der Waals surface area contributed by atoms with E-state index in [1.54, 1.807) is 4.90 Å². The zero-order chi connectivity index (χ0) is 23.0. The summed E-state index contributed by atoms with van der Waals surface area (Å²) in [5.74, 6) is -0.432. The quantitative estimate of drug-likeness (QED) is 0.676. The van der Waals surface area contributed by atoms with Gasteiger partial charge in [-0.05, 0) is 43.5 Å². The predicted molar refractivity (Wildman–Crippen MR) is 121 cm³/mol. The molecular formula is C23H28ClF3N4O2. The molecule has 33 heavy (non-hydrogen) atoms. The molecule has 1 aliphatic heterocycles. The molecule has 2 heterocycles. The van der Waals surface area contributed by atoms with Gasteiger partial charge in [0, 0.05) is 38.3 Å². The number of aromatic nitrogens is 1. The van der Waals surface area contributed by atoms with Crippen molar-refractivity contribution in [2.75, 3.05) is 26.2 Å². The van der Waals surface area contributed by atoms with E-state index in [0.717, 1.165) is 36.7 Å². The van der Waals surface area contributed by atoms with Gasteiger partial charge in [0.25, 0.3) is 5.91 Å². The summed E-state index contributed by atoms with van der Waals surface area (Å²) in [6.07, 6.45) is -1.18. The fourth-order valence-electron chi connectivity index (χ4n) is 3.64. The summed E-state index contributed by atoms with van der Waals surface area (Å²) in [5, 5.41) is 6.31. The Bertz CT molecular complexity index is 895. The van der Waals surface area contributed by atoms with Crippen LogP contribution in [0.25, 0.3) is 0 Å². The van der Waals surface area contributed by atoms with Crippen LogP contribution in [-0.2, 0) is 11.0 Å². The van der Waals surface area contributed by atoms with Crippen molar-refractivity contribution < 1.29 is 22.8 Å². The van der Waals surface area contributed by atoms with Crippen molar-refractivity contribution in [1.82, 2.24) is 20.5 Å².